The summed E-state index contributed by atoms with van der Waals surface area (Å²) >= 11 is 0. The van der Waals surface area contributed by atoms with Gasteiger partial charge >= 0.3 is 6.09 Å². The summed E-state index contributed by atoms with van der Waals surface area (Å²) in [6.45, 7) is 1.81. The number of alkyl carbamates (subject to hydrolysis) is 1. The van der Waals surface area contributed by atoms with Crippen LogP contribution in [0.1, 0.15) is 13.3 Å². The van der Waals surface area contributed by atoms with Gasteiger partial charge in [-0.05, 0) is 13.1 Å². The lowest BCUT2D eigenvalue weighted by Crippen LogP contribution is -2.32. The van der Waals surface area contributed by atoms with Gasteiger partial charge in [-0.15, -0.1) is 0 Å². The van der Waals surface area contributed by atoms with Crippen molar-refractivity contribution in [2.45, 2.75) is 19.4 Å². The molecule has 0 unspecified atom stereocenters. The minimum absolute atomic E-state index is 0.0232. The summed E-state index contributed by atoms with van der Waals surface area (Å²) in [6, 6.07) is -0.0232. The fraction of sp³-hybridized carbons (Fsp3) is 0.667. The summed E-state index contributed by atoms with van der Waals surface area (Å²) < 4.78 is 4.34. The Bertz CT molecular complexity index is 125. The monoisotopic (exact) mass is 144 g/mol. The highest BCUT2D eigenvalue weighted by molar-refractivity contribution is 5.68. The molecule has 0 aliphatic rings. The first-order chi connectivity index (χ1) is 4.70. The molecule has 1 amide bonds. The molecule has 4 heteroatoms. The molecule has 0 aromatic carbocycles. The Hall–Kier alpha value is -1.06. The Kier molecular flexibility index (Phi) is 4.28. The minimum Gasteiger partial charge on any atom is -0.453 e. The predicted molar refractivity (Wildman–Crippen MR) is 38.4 cm³/mol. The van der Waals surface area contributed by atoms with Crippen molar-refractivity contribution >= 4 is 12.3 Å². The van der Waals surface area contributed by atoms with Gasteiger partial charge in [-0.3, -0.25) is 0 Å². The van der Waals surface area contributed by atoms with Crippen LogP contribution in [0.3, 0.4) is 0 Å². The van der Waals surface area contributed by atoms with Crippen LogP contribution in [-0.4, -0.2) is 25.5 Å². The number of carbonyl (C=O) groups excluding carboxylic acids is 1. The third-order valence-electron chi connectivity index (χ3n) is 1.02. The van der Waals surface area contributed by atoms with Gasteiger partial charge in [-0.25, -0.2) is 4.79 Å². The van der Waals surface area contributed by atoms with Gasteiger partial charge in [-0.2, -0.15) is 0 Å². The lowest BCUT2D eigenvalue weighted by molar-refractivity contribution is 0.168. The molecule has 4 nitrogen and oxygen atoms in total. The lowest BCUT2D eigenvalue weighted by Gasteiger charge is -2.08. The Morgan fingerprint density at radius 1 is 1.90 bits per heavy atom. The molecule has 1 atom stereocenters. The van der Waals surface area contributed by atoms with Crippen molar-refractivity contribution in [3.63, 3.8) is 0 Å². The maximum atomic E-state index is 10.5. The zero-order valence-corrected chi connectivity index (χ0v) is 6.18. The molecule has 0 radical (unpaired) electrons. The van der Waals surface area contributed by atoms with E-state index in [-0.39, 0.29) is 6.04 Å². The van der Waals surface area contributed by atoms with Crippen LogP contribution in [-0.2, 0) is 4.74 Å². The first-order valence-corrected chi connectivity index (χ1v) is 3.04. The minimum atomic E-state index is -0.450. The summed E-state index contributed by atoms with van der Waals surface area (Å²) in [4.78, 5) is 10.5. The second-order valence-corrected chi connectivity index (χ2v) is 1.98. The van der Waals surface area contributed by atoms with Gasteiger partial charge in [0.15, 0.2) is 0 Å². The molecular formula is C6H12N2O2. The number of hydrogen-bond donors (Lipinski definition) is 2. The van der Waals surface area contributed by atoms with E-state index in [0.717, 1.165) is 0 Å². The fourth-order valence-electron chi connectivity index (χ4n) is 0.496. The van der Waals surface area contributed by atoms with Crippen LogP contribution < -0.4 is 5.32 Å². The number of rotatable bonds is 3. The molecule has 0 aromatic rings. The number of carbonyl (C=O) groups is 1. The van der Waals surface area contributed by atoms with Gasteiger partial charge in [0.05, 0.1) is 7.11 Å². The molecule has 0 aliphatic carbocycles. The molecule has 0 bridgehead atoms. The van der Waals surface area contributed by atoms with E-state index in [1.807, 2.05) is 6.92 Å². The molecule has 10 heavy (non-hydrogen) atoms. The van der Waals surface area contributed by atoms with E-state index >= 15 is 0 Å². The van der Waals surface area contributed by atoms with Gasteiger partial charge < -0.3 is 15.5 Å². The van der Waals surface area contributed by atoms with E-state index in [9.17, 15) is 4.79 Å². The molecule has 0 saturated heterocycles. The van der Waals surface area contributed by atoms with Gasteiger partial charge in [0.2, 0.25) is 0 Å². The number of hydrogen-bond acceptors (Lipinski definition) is 3. The molecule has 0 rings (SSSR count). The Labute approximate surface area is 60.1 Å². The summed E-state index contributed by atoms with van der Waals surface area (Å²) in [5.41, 5.74) is 0. The van der Waals surface area contributed by atoms with E-state index in [2.05, 4.69) is 10.1 Å². The van der Waals surface area contributed by atoms with Gasteiger partial charge in [0.25, 0.3) is 0 Å². The van der Waals surface area contributed by atoms with Crippen LogP contribution in [0, 0.1) is 5.41 Å². The van der Waals surface area contributed by atoms with Crippen molar-refractivity contribution in [3.8, 4) is 0 Å². The third-order valence-corrected chi connectivity index (χ3v) is 1.02. The highest BCUT2D eigenvalue weighted by atomic mass is 16.5. The molecule has 2 N–H and O–H groups in total. The normalized spacial score (nSPS) is 11.8. The van der Waals surface area contributed by atoms with Gasteiger partial charge in [-0.1, -0.05) is 0 Å². The molecule has 58 valence electrons. The number of amides is 1. The molecule has 0 saturated carbocycles. The van der Waals surface area contributed by atoms with Crippen molar-refractivity contribution in [1.82, 2.24) is 5.32 Å². The maximum Gasteiger partial charge on any atom is 0.407 e. The molecule has 0 fully saturated rings. The summed E-state index contributed by atoms with van der Waals surface area (Å²) in [7, 11) is 1.31. The highest BCUT2D eigenvalue weighted by Gasteiger charge is 2.03. The van der Waals surface area contributed by atoms with E-state index in [0.29, 0.717) is 6.42 Å². The van der Waals surface area contributed by atoms with Crippen LogP contribution in [0.15, 0.2) is 0 Å². The summed E-state index contributed by atoms with van der Waals surface area (Å²) in [5, 5.41) is 9.24. The number of ether oxygens (including phenoxy) is 1. The first-order valence-electron chi connectivity index (χ1n) is 3.04. The van der Waals surface area contributed by atoms with Crippen LogP contribution >= 0.6 is 0 Å². The van der Waals surface area contributed by atoms with E-state index < -0.39 is 6.09 Å². The molecule has 0 heterocycles. The molecule has 0 aliphatic heterocycles. The second kappa shape index (κ2) is 4.78. The van der Waals surface area contributed by atoms with Crippen molar-refractivity contribution in [1.29, 1.82) is 5.41 Å². The number of methoxy groups -OCH3 is 1. The van der Waals surface area contributed by atoms with Crippen LogP contribution in [0.5, 0.6) is 0 Å². The second-order valence-electron chi connectivity index (χ2n) is 1.98. The van der Waals surface area contributed by atoms with Gasteiger partial charge in [0, 0.05) is 12.5 Å². The summed E-state index contributed by atoms with van der Waals surface area (Å²) in [6.07, 6.45) is 1.34. The zero-order chi connectivity index (χ0) is 7.98. The van der Waals surface area contributed by atoms with Crippen molar-refractivity contribution in [3.05, 3.63) is 0 Å². The molecule has 0 spiro atoms. The SMILES string of the molecule is COC(=O)N[C@H](C)CC=N. The lowest BCUT2D eigenvalue weighted by atomic mass is 10.2. The van der Waals surface area contributed by atoms with Crippen molar-refractivity contribution in [2.24, 2.45) is 0 Å². The smallest absolute Gasteiger partial charge is 0.407 e. The topological polar surface area (TPSA) is 62.2 Å². The fourth-order valence-corrected chi connectivity index (χ4v) is 0.496. The predicted octanol–water partition coefficient (Wildman–Crippen LogP) is 0.771. The molecule has 0 aromatic heterocycles. The third kappa shape index (κ3) is 3.88. The largest absolute Gasteiger partial charge is 0.453 e. The average molecular weight is 144 g/mol. The zero-order valence-electron chi connectivity index (χ0n) is 6.18. The van der Waals surface area contributed by atoms with E-state index in [1.54, 1.807) is 0 Å². The molecular weight excluding hydrogens is 132 g/mol. The Morgan fingerprint density at radius 2 is 2.50 bits per heavy atom. The Morgan fingerprint density at radius 3 is 2.90 bits per heavy atom. The van der Waals surface area contributed by atoms with Gasteiger partial charge in [0.1, 0.15) is 0 Å². The summed E-state index contributed by atoms with van der Waals surface area (Å²) in [5.74, 6) is 0. The average Bonchev–Trinajstić information content (AvgIpc) is 1.88. The Balaban J connectivity index is 3.46. The van der Waals surface area contributed by atoms with Crippen LogP contribution in [0.2, 0.25) is 0 Å². The quantitative estimate of drug-likeness (QED) is 0.575. The van der Waals surface area contributed by atoms with Crippen molar-refractivity contribution in [2.75, 3.05) is 7.11 Å². The van der Waals surface area contributed by atoms with Crippen LogP contribution in [0.25, 0.3) is 0 Å². The highest BCUT2D eigenvalue weighted by Crippen LogP contribution is 1.86. The number of nitrogens with one attached hydrogen (secondary N) is 2. The van der Waals surface area contributed by atoms with Crippen LogP contribution in [0.4, 0.5) is 4.79 Å². The van der Waals surface area contributed by atoms with Crippen molar-refractivity contribution < 1.29 is 9.53 Å². The van der Waals surface area contributed by atoms with E-state index in [1.165, 1.54) is 13.3 Å². The standard InChI is InChI=1S/C6H12N2O2/c1-5(3-4-7)8-6(9)10-2/h4-5,7H,3H2,1-2H3,(H,8,9)/t5-/m1/s1. The maximum absolute atomic E-state index is 10.5. The van der Waals surface area contributed by atoms with E-state index in [4.69, 9.17) is 5.41 Å². The first kappa shape index (κ1) is 8.94.